The van der Waals surface area contributed by atoms with E-state index >= 15 is 0 Å². The number of ketones is 1. The van der Waals surface area contributed by atoms with Gasteiger partial charge in [-0.15, -0.1) is 10.2 Å². The predicted octanol–water partition coefficient (Wildman–Crippen LogP) is 3.72. The monoisotopic (exact) mass is 337 g/mol. The largest absolute Gasteiger partial charge is 0.417 e. The number of carbonyl (C=O) groups excluding carboxylic acids is 1. The van der Waals surface area contributed by atoms with Gasteiger partial charge in [0.15, 0.2) is 16.6 Å². The molecule has 0 aliphatic heterocycles. The van der Waals surface area contributed by atoms with Crippen molar-refractivity contribution in [1.82, 2.24) is 14.6 Å². The molecule has 0 bridgehead atoms. The Labute approximate surface area is 133 Å². The summed E-state index contributed by atoms with van der Waals surface area (Å²) in [5.41, 5.74) is 0.0542. The van der Waals surface area contributed by atoms with Crippen LogP contribution in [0.5, 0.6) is 0 Å². The number of Topliss-reactive ketones (excluding diaryl/α,β-unsaturated/α-hetero) is 1. The van der Waals surface area contributed by atoms with Gasteiger partial charge in [-0.3, -0.25) is 9.20 Å². The van der Waals surface area contributed by atoms with Crippen molar-refractivity contribution in [1.29, 1.82) is 0 Å². The maximum atomic E-state index is 12.8. The van der Waals surface area contributed by atoms with Crippen molar-refractivity contribution < 1.29 is 18.0 Å². The zero-order valence-electron chi connectivity index (χ0n) is 11.6. The summed E-state index contributed by atoms with van der Waals surface area (Å²) >= 11 is 1.05. The Balaban J connectivity index is 1.82. The maximum Gasteiger partial charge on any atom is 0.417 e. The average Bonchev–Trinajstić information content (AvgIpc) is 2.95. The Hall–Kier alpha value is -2.35. The van der Waals surface area contributed by atoms with Gasteiger partial charge in [0.2, 0.25) is 0 Å². The number of pyridine rings is 1. The van der Waals surface area contributed by atoms with E-state index in [2.05, 4.69) is 10.2 Å². The van der Waals surface area contributed by atoms with Crippen LogP contribution in [0.15, 0.2) is 53.8 Å². The Morgan fingerprint density at radius 1 is 1.09 bits per heavy atom. The number of nitrogens with zero attached hydrogens (tertiary/aromatic N) is 3. The second-order valence-corrected chi connectivity index (χ2v) is 5.65. The van der Waals surface area contributed by atoms with Gasteiger partial charge in [-0.25, -0.2) is 0 Å². The van der Waals surface area contributed by atoms with E-state index in [1.165, 1.54) is 10.5 Å². The van der Waals surface area contributed by atoms with Gasteiger partial charge < -0.3 is 0 Å². The summed E-state index contributed by atoms with van der Waals surface area (Å²) in [6.45, 7) is 0. The first-order valence-corrected chi connectivity index (χ1v) is 7.57. The molecule has 8 heteroatoms. The van der Waals surface area contributed by atoms with Gasteiger partial charge in [0, 0.05) is 11.8 Å². The number of fused-ring (bicyclic) bond motifs is 1. The van der Waals surface area contributed by atoms with Gasteiger partial charge in [0.25, 0.3) is 0 Å². The van der Waals surface area contributed by atoms with Crippen LogP contribution in [0.25, 0.3) is 5.65 Å². The zero-order valence-corrected chi connectivity index (χ0v) is 12.4. The fraction of sp³-hybridized carbons (Fsp3) is 0.133. The Morgan fingerprint density at radius 3 is 2.52 bits per heavy atom. The molecule has 0 N–H and O–H groups in total. The van der Waals surface area contributed by atoms with E-state index in [4.69, 9.17) is 0 Å². The molecule has 0 unspecified atom stereocenters. The predicted molar refractivity (Wildman–Crippen MR) is 79.5 cm³/mol. The van der Waals surface area contributed by atoms with Gasteiger partial charge in [-0.05, 0) is 12.1 Å². The molecule has 0 spiro atoms. The summed E-state index contributed by atoms with van der Waals surface area (Å²) in [6.07, 6.45) is -3.51. The topological polar surface area (TPSA) is 47.3 Å². The van der Waals surface area contributed by atoms with Crippen LogP contribution in [0.4, 0.5) is 13.2 Å². The molecule has 4 nitrogen and oxygen atoms in total. The first kappa shape index (κ1) is 15.5. The van der Waals surface area contributed by atoms with Crippen molar-refractivity contribution in [2.24, 2.45) is 0 Å². The lowest BCUT2D eigenvalue weighted by Crippen LogP contribution is -2.07. The minimum atomic E-state index is -4.44. The van der Waals surface area contributed by atoms with E-state index in [1.807, 2.05) is 0 Å². The van der Waals surface area contributed by atoms with Gasteiger partial charge in [-0.1, -0.05) is 42.1 Å². The molecule has 0 saturated carbocycles. The van der Waals surface area contributed by atoms with Crippen LogP contribution >= 0.6 is 11.8 Å². The second-order valence-electron chi connectivity index (χ2n) is 4.70. The number of hydrogen-bond acceptors (Lipinski definition) is 4. The summed E-state index contributed by atoms with van der Waals surface area (Å²) in [4.78, 5) is 12.0. The summed E-state index contributed by atoms with van der Waals surface area (Å²) in [5, 5.41) is 7.89. The number of aromatic nitrogens is 3. The molecule has 1 aromatic carbocycles. The van der Waals surface area contributed by atoms with Gasteiger partial charge in [0.05, 0.1) is 11.3 Å². The fourth-order valence-electron chi connectivity index (χ4n) is 1.97. The Kier molecular flexibility index (Phi) is 4.08. The minimum Gasteiger partial charge on any atom is -0.293 e. The molecule has 3 aromatic rings. The highest BCUT2D eigenvalue weighted by Crippen LogP contribution is 2.30. The first-order valence-electron chi connectivity index (χ1n) is 6.58. The molecule has 0 fully saturated rings. The van der Waals surface area contributed by atoms with Crippen LogP contribution in [0, 0.1) is 0 Å². The number of benzene rings is 1. The van der Waals surface area contributed by atoms with Gasteiger partial charge in [-0.2, -0.15) is 13.2 Å². The van der Waals surface area contributed by atoms with E-state index in [0.717, 1.165) is 24.0 Å². The SMILES string of the molecule is O=C(CSc1nnc2ccc(C(F)(F)F)cn12)c1ccccc1. The quantitative estimate of drug-likeness (QED) is 0.538. The highest BCUT2D eigenvalue weighted by molar-refractivity contribution is 7.99. The summed E-state index contributed by atoms with van der Waals surface area (Å²) in [7, 11) is 0. The van der Waals surface area contributed by atoms with E-state index in [0.29, 0.717) is 11.2 Å². The second kappa shape index (κ2) is 6.04. The lowest BCUT2D eigenvalue weighted by molar-refractivity contribution is -0.137. The van der Waals surface area contributed by atoms with Gasteiger partial charge in [0.1, 0.15) is 0 Å². The van der Waals surface area contributed by atoms with Crippen molar-refractivity contribution in [3.8, 4) is 0 Å². The average molecular weight is 337 g/mol. The summed E-state index contributed by atoms with van der Waals surface area (Å²) in [6, 6.07) is 10.9. The van der Waals surface area contributed by atoms with Crippen LogP contribution in [-0.2, 0) is 6.18 Å². The molecule has 2 heterocycles. The molecule has 0 saturated heterocycles. The number of rotatable bonds is 4. The first-order chi connectivity index (χ1) is 10.9. The molecule has 0 amide bonds. The van der Waals surface area contributed by atoms with Crippen LogP contribution in [-0.4, -0.2) is 26.1 Å². The smallest absolute Gasteiger partial charge is 0.293 e. The molecule has 118 valence electrons. The third-order valence-electron chi connectivity index (χ3n) is 3.13. The van der Waals surface area contributed by atoms with Crippen LogP contribution in [0.1, 0.15) is 15.9 Å². The summed E-state index contributed by atoms with van der Waals surface area (Å²) < 4.78 is 39.6. The van der Waals surface area contributed by atoms with E-state index in [9.17, 15) is 18.0 Å². The number of halogens is 3. The Morgan fingerprint density at radius 2 is 1.83 bits per heavy atom. The van der Waals surface area contributed by atoms with E-state index in [1.54, 1.807) is 30.3 Å². The van der Waals surface area contributed by atoms with Crippen LogP contribution in [0.3, 0.4) is 0 Å². The van der Waals surface area contributed by atoms with Crippen molar-refractivity contribution in [2.75, 3.05) is 5.75 Å². The van der Waals surface area contributed by atoms with Crippen LogP contribution < -0.4 is 0 Å². The number of thioether (sulfide) groups is 1. The molecule has 0 aliphatic carbocycles. The lowest BCUT2D eigenvalue weighted by Gasteiger charge is -2.07. The standard InChI is InChI=1S/C15H10F3N3OS/c16-15(17,18)11-6-7-13-19-20-14(21(13)8-11)23-9-12(22)10-4-2-1-3-5-10/h1-8H,9H2. The molecular weight excluding hydrogens is 327 g/mol. The fourth-order valence-corrected chi connectivity index (χ4v) is 2.78. The molecule has 0 atom stereocenters. The number of alkyl halides is 3. The van der Waals surface area contributed by atoms with E-state index in [-0.39, 0.29) is 16.7 Å². The molecule has 2 aromatic heterocycles. The molecule has 23 heavy (non-hydrogen) atoms. The third-order valence-corrected chi connectivity index (χ3v) is 4.07. The number of carbonyl (C=O) groups is 1. The van der Waals surface area contributed by atoms with Crippen molar-refractivity contribution in [3.63, 3.8) is 0 Å². The Bertz CT molecular complexity index is 846. The number of hydrogen-bond donors (Lipinski definition) is 0. The zero-order chi connectivity index (χ0) is 16.4. The third kappa shape index (κ3) is 3.37. The highest BCUT2D eigenvalue weighted by atomic mass is 32.2. The highest BCUT2D eigenvalue weighted by Gasteiger charge is 2.31. The molecule has 3 rings (SSSR count). The van der Waals surface area contributed by atoms with Crippen LogP contribution in [0.2, 0.25) is 0 Å². The lowest BCUT2D eigenvalue weighted by atomic mass is 10.2. The van der Waals surface area contributed by atoms with Crippen molar-refractivity contribution >= 4 is 23.2 Å². The van der Waals surface area contributed by atoms with Crippen molar-refractivity contribution in [2.45, 2.75) is 11.3 Å². The minimum absolute atomic E-state index is 0.0705. The maximum absolute atomic E-state index is 12.8. The normalized spacial score (nSPS) is 11.8. The molecule has 0 aliphatic rings. The van der Waals surface area contributed by atoms with Crippen molar-refractivity contribution in [3.05, 3.63) is 59.8 Å². The molecule has 0 radical (unpaired) electrons. The van der Waals surface area contributed by atoms with Gasteiger partial charge >= 0.3 is 6.18 Å². The molecular formula is C15H10F3N3OS. The van der Waals surface area contributed by atoms with E-state index < -0.39 is 11.7 Å². The summed E-state index contributed by atoms with van der Waals surface area (Å²) in [5.74, 6) is -0.0551.